The van der Waals surface area contributed by atoms with E-state index in [9.17, 15) is 10.1 Å². The average molecular weight is 575 g/mol. The van der Waals surface area contributed by atoms with Gasteiger partial charge in [-0.3, -0.25) is 9.69 Å². The highest BCUT2D eigenvalue weighted by atomic mass is 35.5. The molecule has 0 aromatic heterocycles. The Morgan fingerprint density at radius 1 is 1.03 bits per heavy atom. The number of benzene rings is 3. The van der Waals surface area contributed by atoms with Gasteiger partial charge in [0.05, 0.1) is 22.6 Å². The van der Waals surface area contributed by atoms with E-state index in [4.69, 9.17) is 28.9 Å². The minimum absolute atomic E-state index is 0.0844. The number of rotatable bonds is 5. The topological polar surface area (TPSA) is 70.1 Å². The van der Waals surface area contributed by atoms with Crippen molar-refractivity contribution < 1.29 is 4.79 Å². The zero-order chi connectivity index (χ0) is 27.8. The fourth-order valence-electron chi connectivity index (χ4n) is 5.54. The zero-order valence-electron chi connectivity index (χ0n) is 22.1. The van der Waals surface area contributed by atoms with Crippen LogP contribution >= 0.6 is 35.0 Å². The first-order valence-electron chi connectivity index (χ1n) is 12.9. The predicted molar refractivity (Wildman–Crippen MR) is 161 cm³/mol. The van der Waals surface area contributed by atoms with Gasteiger partial charge < -0.3 is 5.73 Å². The summed E-state index contributed by atoms with van der Waals surface area (Å²) in [6.07, 6.45) is 1.96. The Morgan fingerprint density at radius 2 is 1.77 bits per heavy atom. The Morgan fingerprint density at radius 3 is 2.49 bits per heavy atom. The summed E-state index contributed by atoms with van der Waals surface area (Å²) in [4.78, 5) is 16.4. The van der Waals surface area contributed by atoms with E-state index in [1.807, 2.05) is 49.1 Å². The van der Waals surface area contributed by atoms with Gasteiger partial charge in [0, 0.05) is 39.0 Å². The van der Waals surface area contributed by atoms with Gasteiger partial charge in [-0.2, -0.15) is 5.26 Å². The molecule has 5 rings (SSSR count). The highest BCUT2D eigenvalue weighted by molar-refractivity contribution is 7.98. The lowest BCUT2D eigenvalue weighted by atomic mass is 9.73. The average Bonchev–Trinajstić information content (AvgIpc) is 2.91. The van der Waals surface area contributed by atoms with Crippen molar-refractivity contribution >= 4 is 46.4 Å². The largest absolute Gasteiger partial charge is 0.384 e. The smallest absolute Gasteiger partial charge is 0.161 e. The zero-order valence-corrected chi connectivity index (χ0v) is 24.5. The summed E-state index contributed by atoms with van der Waals surface area (Å²) in [5.74, 6) is 0.644. The van der Waals surface area contributed by atoms with E-state index >= 15 is 0 Å². The van der Waals surface area contributed by atoms with E-state index < -0.39 is 5.92 Å². The van der Waals surface area contributed by atoms with Crippen LogP contribution in [0.5, 0.6) is 0 Å². The van der Waals surface area contributed by atoms with E-state index in [1.54, 1.807) is 23.9 Å². The van der Waals surface area contributed by atoms with Gasteiger partial charge in [0.25, 0.3) is 0 Å². The van der Waals surface area contributed by atoms with Gasteiger partial charge >= 0.3 is 0 Å². The number of carbonyl (C=O) groups excluding carboxylic acids is 1. The summed E-state index contributed by atoms with van der Waals surface area (Å²) in [6, 6.07) is 20.1. The molecule has 1 heterocycles. The van der Waals surface area contributed by atoms with Crippen molar-refractivity contribution in [1.29, 1.82) is 5.26 Å². The van der Waals surface area contributed by atoms with E-state index in [-0.39, 0.29) is 5.78 Å². The Labute approximate surface area is 244 Å². The number of halogens is 2. The summed E-state index contributed by atoms with van der Waals surface area (Å²) < 4.78 is 0. The fraction of sp³-hybridized carbons (Fsp3) is 0.250. The molecular formula is C32H29Cl2N3OS. The van der Waals surface area contributed by atoms with Crippen molar-refractivity contribution in [2.45, 2.75) is 56.6 Å². The summed E-state index contributed by atoms with van der Waals surface area (Å²) in [5, 5.41) is 11.7. The number of allylic oxidation sites excluding steroid dienone is 3. The van der Waals surface area contributed by atoms with Crippen LogP contribution < -0.4 is 10.6 Å². The van der Waals surface area contributed by atoms with Crippen LogP contribution in [0.2, 0.25) is 10.0 Å². The summed E-state index contributed by atoms with van der Waals surface area (Å²) in [5.41, 5.74) is 15.0. The van der Waals surface area contributed by atoms with Crippen molar-refractivity contribution in [1.82, 2.24) is 0 Å². The number of thioether (sulfide) groups is 1. The third-order valence-corrected chi connectivity index (χ3v) is 9.27. The lowest BCUT2D eigenvalue weighted by molar-refractivity contribution is -0.116. The van der Waals surface area contributed by atoms with Crippen LogP contribution in [-0.2, 0) is 10.5 Å². The summed E-state index contributed by atoms with van der Waals surface area (Å²) in [6.45, 7) is 6.14. The second-order valence-electron chi connectivity index (χ2n) is 10.2. The van der Waals surface area contributed by atoms with Crippen LogP contribution in [0.25, 0.3) is 0 Å². The number of hydrogen-bond donors (Lipinski definition) is 1. The number of ketones is 1. The molecule has 1 aliphatic heterocycles. The molecule has 0 saturated heterocycles. The van der Waals surface area contributed by atoms with Crippen molar-refractivity contribution in [2.75, 3.05) is 4.90 Å². The normalized spacial score (nSPS) is 17.4. The minimum Gasteiger partial charge on any atom is -0.384 e. The van der Waals surface area contributed by atoms with E-state index in [1.165, 1.54) is 0 Å². The molecule has 0 amide bonds. The number of aryl methyl sites for hydroxylation is 2. The first kappa shape index (κ1) is 27.4. The molecule has 3 aromatic rings. The third-order valence-electron chi connectivity index (χ3n) is 7.49. The van der Waals surface area contributed by atoms with Gasteiger partial charge in [-0.15, -0.1) is 11.8 Å². The molecule has 1 unspecified atom stereocenters. The molecule has 0 radical (unpaired) electrons. The number of Topliss-reactive ketones (excluding diaryl/α,β-unsaturated/α-hetero) is 1. The highest BCUT2D eigenvalue weighted by Gasteiger charge is 2.41. The van der Waals surface area contributed by atoms with Gasteiger partial charge in [-0.25, -0.2) is 0 Å². The Hall–Kier alpha value is -3.17. The number of nitriles is 1. The van der Waals surface area contributed by atoms with Crippen LogP contribution in [0.1, 0.15) is 53.0 Å². The molecule has 2 aliphatic rings. The van der Waals surface area contributed by atoms with Gasteiger partial charge in [0.1, 0.15) is 5.82 Å². The van der Waals surface area contributed by atoms with E-state index in [0.717, 1.165) is 56.9 Å². The van der Waals surface area contributed by atoms with Crippen LogP contribution in [0.3, 0.4) is 0 Å². The summed E-state index contributed by atoms with van der Waals surface area (Å²) >= 11 is 14.2. The maximum absolute atomic E-state index is 13.6. The van der Waals surface area contributed by atoms with Crippen LogP contribution in [0.15, 0.2) is 82.2 Å². The molecule has 0 fully saturated rings. The van der Waals surface area contributed by atoms with Gasteiger partial charge in [-0.05, 0) is 80.6 Å². The minimum atomic E-state index is -0.502. The number of carbonyl (C=O) groups is 1. The van der Waals surface area contributed by atoms with Gasteiger partial charge in [-0.1, -0.05) is 58.6 Å². The maximum atomic E-state index is 13.6. The van der Waals surface area contributed by atoms with E-state index in [2.05, 4.69) is 25.1 Å². The monoisotopic (exact) mass is 573 g/mol. The molecule has 0 bridgehead atoms. The third kappa shape index (κ3) is 5.22. The lowest BCUT2D eigenvalue weighted by Gasteiger charge is -2.40. The second kappa shape index (κ2) is 11.1. The fourth-order valence-corrected chi connectivity index (χ4v) is 7.09. The molecule has 1 atom stereocenters. The predicted octanol–water partition coefficient (Wildman–Crippen LogP) is 8.52. The first-order chi connectivity index (χ1) is 18.7. The highest BCUT2D eigenvalue weighted by Crippen LogP contribution is 2.47. The molecule has 2 N–H and O–H groups in total. The SMILES string of the molecule is Cc1ccc(N2C(N)=C(C#N)C(c3cc(C)cc(CSc4cc(Cl)ccc4Cl)c3C)C3=C2CCCC3=O)cc1. The molecule has 1 aliphatic carbocycles. The van der Waals surface area contributed by atoms with Crippen LogP contribution in [0.4, 0.5) is 5.69 Å². The number of anilines is 1. The molecule has 3 aromatic carbocycles. The second-order valence-corrected chi connectivity index (χ2v) is 12.0. The number of hydrogen-bond acceptors (Lipinski definition) is 5. The van der Waals surface area contributed by atoms with Crippen molar-refractivity contribution in [3.8, 4) is 6.07 Å². The number of nitrogens with zero attached hydrogens (tertiary/aromatic N) is 2. The molecular weight excluding hydrogens is 545 g/mol. The van der Waals surface area contributed by atoms with Crippen molar-refractivity contribution in [3.05, 3.63) is 115 Å². The molecule has 0 spiro atoms. The van der Waals surface area contributed by atoms with Crippen LogP contribution in [-0.4, -0.2) is 5.78 Å². The van der Waals surface area contributed by atoms with Crippen molar-refractivity contribution in [2.24, 2.45) is 5.73 Å². The first-order valence-corrected chi connectivity index (χ1v) is 14.6. The Bertz CT molecular complexity index is 1580. The van der Waals surface area contributed by atoms with Crippen molar-refractivity contribution in [3.63, 3.8) is 0 Å². The maximum Gasteiger partial charge on any atom is 0.161 e. The van der Waals surface area contributed by atoms with Gasteiger partial charge in [0.2, 0.25) is 0 Å². The quantitative estimate of drug-likeness (QED) is 0.310. The Kier molecular flexibility index (Phi) is 7.82. The number of nitrogens with two attached hydrogens (primary N) is 1. The summed E-state index contributed by atoms with van der Waals surface area (Å²) in [7, 11) is 0. The standard InChI is InChI=1S/C32H29Cl2N3OS/c1-18-7-10-23(11-8-18)37-27-5-4-6-28(38)31(27)30(25(16-35)32(37)36)24-14-19(2)13-21(20(24)3)17-39-29-15-22(33)9-12-26(29)34/h7-15,30H,4-6,17,36H2,1-3H3. The molecule has 0 saturated carbocycles. The molecule has 7 heteroatoms. The lowest BCUT2D eigenvalue weighted by Crippen LogP contribution is -2.39. The molecule has 39 heavy (non-hydrogen) atoms. The molecule has 198 valence electrons. The van der Waals surface area contributed by atoms with E-state index in [0.29, 0.717) is 39.2 Å². The van der Waals surface area contributed by atoms with Gasteiger partial charge in [0.15, 0.2) is 5.78 Å². The molecule has 4 nitrogen and oxygen atoms in total. The Balaban J connectivity index is 1.63. The van der Waals surface area contributed by atoms with Crippen LogP contribution in [0, 0.1) is 32.1 Å².